The van der Waals surface area contributed by atoms with Crippen molar-refractivity contribution in [3.05, 3.63) is 139 Å². The highest BCUT2D eigenvalue weighted by Crippen LogP contribution is 2.20. The molecule has 0 saturated heterocycles. The van der Waals surface area contributed by atoms with Crippen LogP contribution in [0.3, 0.4) is 0 Å². The van der Waals surface area contributed by atoms with E-state index in [2.05, 4.69) is 99.5 Å². The van der Waals surface area contributed by atoms with Gasteiger partial charge >= 0.3 is 0 Å². The van der Waals surface area contributed by atoms with Crippen molar-refractivity contribution in [2.24, 2.45) is 0 Å². The quantitative estimate of drug-likeness (QED) is 0.0652. The van der Waals surface area contributed by atoms with Gasteiger partial charge in [-0.15, -0.1) is 23.4 Å². The largest absolute Gasteiger partial charge is 0.313 e. The van der Waals surface area contributed by atoms with Crippen LogP contribution in [-0.2, 0) is 13.1 Å². The fourth-order valence-corrected chi connectivity index (χ4v) is 5.74. The number of hydrogen-bond acceptors (Lipinski definition) is 5. The molecule has 44 heavy (non-hydrogen) atoms. The minimum atomic E-state index is 0.743. The van der Waals surface area contributed by atoms with Crippen LogP contribution in [0.4, 0.5) is 0 Å². The standard InChI is InChI=1S/C22H24N2S.C16H19ClN2/c1-3-9-20(10-4-1)21-15-19(17-24-18-21)16-23-13-7-8-14-25-22-11-5-2-6-12-22;17-8-4-5-9-18-11-14-10-16(13-19-12-14)15-6-2-1-3-7-15/h1-6,9-12,15,17-18,23H,7-8,13-14,16H2;1-3,6-7,10,12-13,18H,4-5,8-9,11H2. The minimum absolute atomic E-state index is 0.743. The molecular formula is C38H43ClN4S. The maximum Gasteiger partial charge on any atom is 0.0346 e. The van der Waals surface area contributed by atoms with E-state index in [0.29, 0.717) is 0 Å². The molecule has 0 fully saturated rings. The Hall–Kier alpha value is -3.48. The van der Waals surface area contributed by atoms with Crippen molar-refractivity contribution < 1.29 is 0 Å². The minimum Gasteiger partial charge on any atom is -0.313 e. The van der Waals surface area contributed by atoms with Gasteiger partial charge in [0, 0.05) is 59.8 Å². The summed E-state index contributed by atoms with van der Waals surface area (Å²) in [6.45, 7) is 3.78. The lowest BCUT2D eigenvalue weighted by molar-refractivity contribution is 0.642. The summed E-state index contributed by atoms with van der Waals surface area (Å²) >= 11 is 7.58. The molecule has 0 aliphatic rings. The van der Waals surface area contributed by atoms with Crippen molar-refractivity contribution in [2.45, 2.75) is 43.7 Å². The maximum atomic E-state index is 5.65. The van der Waals surface area contributed by atoms with Crippen LogP contribution < -0.4 is 10.6 Å². The molecule has 0 radical (unpaired) electrons. The van der Waals surface area contributed by atoms with E-state index in [0.717, 1.165) is 44.9 Å². The highest BCUT2D eigenvalue weighted by Gasteiger charge is 2.01. The molecule has 0 unspecified atom stereocenters. The predicted octanol–water partition coefficient (Wildman–Crippen LogP) is 9.27. The van der Waals surface area contributed by atoms with Crippen LogP contribution in [-0.4, -0.2) is 34.7 Å². The third kappa shape index (κ3) is 12.6. The molecule has 0 spiro atoms. The van der Waals surface area contributed by atoms with E-state index in [1.54, 1.807) is 0 Å². The summed E-state index contributed by atoms with van der Waals surface area (Å²) in [5.74, 6) is 1.92. The van der Waals surface area contributed by atoms with Gasteiger partial charge in [0.05, 0.1) is 0 Å². The zero-order chi connectivity index (χ0) is 30.5. The molecule has 0 saturated carbocycles. The normalized spacial score (nSPS) is 10.7. The van der Waals surface area contributed by atoms with E-state index < -0.39 is 0 Å². The van der Waals surface area contributed by atoms with Crippen molar-refractivity contribution in [3.8, 4) is 22.3 Å². The average Bonchev–Trinajstić information content (AvgIpc) is 3.09. The van der Waals surface area contributed by atoms with Crippen LogP contribution in [0.2, 0.25) is 0 Å². The molecule has 2 N–H and O–H groups in total. The monoisotopic (exact) mass is 622 g/mol. The number of halogens is 1. The van der Waals surface area contributed by atoms with Gasteiger partial charge in [-0.05, 0) is 91.0 Å². The highest BCUT2D eigenvalue weighted by molar-refractivity contribution is 7.99. The van der Waals surface area contributed by atoms with Gasteiger partial charge in [0.15, 0.2) is 0 Å². The average molecular weight is 623 g/mol. The van der Waals surface area contributed by atoms with Crippen LogP contribution in [0, 0.1) is 0 Å². The molecule has 0 aliphatic heterocycles. The molecule has 0 aliphatic carbocycles. The van der Waals surface area contributed by atoms with Crippen LogP contribution >= 0.6 is 23.4 Å². The SMILES string of the molecule is ClCCCCNCc1cncc(-c2ccccc2)c1.c1ccc(SCCCCNCc2cncc(-c3ccccc3)c2)cc1. The summed E-state index contributed by atoms with van der Waals surface area (Å²) in [5, 5.41) is 6.95. The third-order valence-corrected chi connectivity index (χ3v) is 8.32. The lowest BCUT2D eigenvalue weighted by Gasteiger charge is -2.07. The Labute approximate surface area is 272 Å². The number of hydrogen-bond donors (Lipinski definition) is 2. The second-order valence-electron chi connectivity index (χ2n) is 10.5. The summed E-state index contributed by atoms with van der Waals surface area (Å²) in [7, 11) is 0. The van der Waals surface area contributed by atoms with Crippen molar-refractivity contribution in [2.75, 3.05) is 24.7 Å². The number of pyridine rings is 2. The smallest absolute Gasteiger partial charge is 0.0346 e. The number of aromatic nitrogens is 2. The number of rotatable bonds is 16. The molecule has 0 bridgehead atoms. The van der Waals surface area contributed by atoms with E-state index in [1.165, 1.54) is 56.9 Å². The fourth-order valence-electron chi connectivity index (χ4n) is 4.61. The molecule has 3 aromatic carbocycles. The molecular weight excluding hydrogens is 580 g/mol. The first-order valence-electron chi connectivity index (χ1n) is 15.5. The van der Waals surface area contributed by atoms with E-state index >= 15 is 0 Å². The summed E-state index contributed by atoms with van der Waals surface area (Å²) < 4.78 is 0. The number of benzene rings is 3. The second-order valence-corrected chi connectivity index (χ2v) is 12.1. The Morgan fingerprint density at radius 2 is 1.00 bits per heavy atom. The molecule has 5 aromatic rings. The number of alkyl halides is 1. The van der Waals surface area contributed by atoms with Gasteiger partial charge < -0.3 is 10.6 Å². The lowest BCUT2D eigenvalue weighted by atomic mass is 10.1. The summed E-state index contributed by atoms with van der Waals surface area (Å²) in [4.78, 5) is 10.1. The molecule has 6 heteroatoms. The lowest BCUT2D eigenvalue weighted by Crippen LogP contribution is -2.15. The molecule has 5 rings (SSSR count). The highest BCUT2D eigenvalue weighted by atomic mass is 35.5. The van der Waals surface area contributed by atoms with Gasteiger partial charge in [-0.3, -0.25) is 9.97 Å². The van der Waals surface area contributed by atoms with Crippen molar-refractivity contribution >= 4 is 23.4 Å². The Morgan fingerprint density at radius 3 is 1.50 bits per heavy atom. The van der Waals surface area contributed by atoms with Crippen molar-refractivity contribution in [1.29, 1.82) is 0 Å². The number of thioether (sulfide) groups is 1. The second kappa shape index (κ2) is 20.5. The van der Waals surface area contributed by atoms with Gasteiger partial charge in [0.2, 0.25) is 0 Å². The first-order chi connectivity index (χ1) is 21.8. The van der Waals surface area contributed by atoms with Gasteiger partial charge in [-0.2, -0.15) is 0 Å². The molecule has 0 atom stereocenters. The zero-order valence-corrected chi connectivity index (χ0v) is 26.9. The third-order valence-electron chi connectivity index (χ3n) is 6.96. The number of unbranched alkanes of at least 4 members (excludes halogenated alkanes) is 2. The van der Waals surface area contributed by atoms with E-state index in [-0.39, 0.29) is 0 Å². The van der Waals surface area contributed by atoms with Crippen LogP contribution in [0.5, 0.6) is 0 Å². The molecule has 2 heterocycles. The maximum absolute atomic E-state index is 5.65. The topological polar surface area (TPSA) is 49.8 Å². The molecule has 0 amide bonds. The zero-order valence-electron chi connectivity index (χ0n) is 25.4. The van der Waals surface area contributed by atoms with Crippen LogP contribution in [0.1, 0.15) is 36.8 Å². The van der Waals surface area contributed by atoms with Gasteiger partial charge in [-0.1, -0.05) is 78.9 Å². The fraction of sp³-hybridized carbons (Fsp3) is 0.263. The number of nitrogens with one attached hydrogen (secondary N) is 2. The first-order valence-corrected chi connectivity index (χ1v) is 17.0. The summed E-state index contributed by atoms with van der Waals surface area (Å²) in [6, 6.07) is 35.8. The Kier molecular flexibility index (Phi) is 15.5. The van der Waals surface area contributed by atoms with E-state index in [9.17, 15) is 0 Å². The Bertz CT molecular complexity index is 1450. The summed E-state index contributed by atoms with van der Waals surface area (Å²) in [5.41, 5.74) is 7.22. The molecule has 2 aromatic heterocycles. The van der Waals surface area contributed by atoms with Gasteiger partial charge in [0.1, 0.15) is 0 Å². The predicted molar refractivity (Wildman–Crippen MR) is 189 cm³/mol. The molecule has 4 nitrogen and oxygen atoms in total. The van der Waals surface area contributed by atoms with Crippen molar-refractivity contribution in [1.82, 2.24) is 20.6 Å². The van der Waals surface area contributed by atoms with Crippen LogP contribution in [0.25, 0.3) is 22.3 Å². The number of nitrogens with zero attached hydrogens (tertiary/aromatic N) is 2. The Morgan fingerprint density at radius 1 is 0.523 bits per heavy atom. The Balaban J connectivity index is 0.000000209. The van der Waals surface area contributed by atoms with Crippen molar-refractivity contribution in [3.63, 3.8) is 0 Å². The van der Waals surface area contributed by atoms with Crippen LogP contribution in [0.15, 0.2) is 133 Å². The van der Waals surface area contributed by atoms with Gasteiger partial charge in [0.25, 0.3) is 0 Å². The van der Waals surface area contributed by atoms with E-state index in [4.69, 9.17) is 11.6 Å². The molecule has 228 valence electrons. The first kappa shape index (κ1) is 33.4. The van der Waals surface area contributed by atoms with Gasteiger partial charge in [-0.25, -0.2) is 0 Å². The summed E-state index contributed by atoms with van der Waals surface area (Å²) in [6.07, 6.45) is 12.3. The van der Waals surface area contributed by atoms with E-state index in [1.807, 2.05) is 60.8 Å².